The van der Waals surface area contributed by atoms with E-state index in [1.807, 2.05) is 0 Å². The van der Waals surface area contributed by atoms with E-state index in [2.05, 4.69) is 4.98 Å². The van der Waals surface area contributed by atoms with E-state index in [-0.39, 0.29) is 17.0 Å². The minimum absolute atomic E-state index is 0.174. The third-order valence-corrected chi connectivity index (χ3v) is 3.43. The lowest BCUT2D eigenvalue weighted by Gasteiger charge is -2.02. The van der Waals surface area contributed by atoms with Gasteiger partial charge in [-0.3, -0.25) is 13.9 Å². The lowest BCUT2D eigenvalue weighted by atomic mass is 10.1. The van der Waals surface area contributed by atoms with Crippen LogP contribution in [0.3, 0.4) is 0 Å². The van der Waals surface area contributed by atoms with Gasteiger partial charge < -0.3 is 10.1 Å². The molecule has 0 aliphatic heterocycles. The Balaban J connectivity index is 2.34. The number of phenolic OH excluding ortho intramolecular Hbond substituents is 1. The number of aromatic amines is 1. The second-order valence-corrected chi connectivity index (χ2v) is 4.70. The summed E-state index contributed by atoms with van der Waals surface area (Å²) in [5.74, 6) is 0.174. The second-order valence-electron chi connectivity index (χ2n) is 4.70. The predicted molar refractivity (Wildman–Crippen MR) is 75.9 cm³/mol. The van der Waals surface area contributed by atoms with Crippen LogP contribution in [0.2, 0.25) is 0 Å². The van der Waals surface area contributed by atoms with Gasteiger partial charge in [0.2, 0.25) is 0 Å². The van der Waals surface area contributed by atoms with Crippen LogP contribution in [-0.4, -0.2) is 19.2 Å². The summed E-state index contributed by atoms with van der Waals surface area (Å²) >= 11 is 0. The van der Waals surface area contributed by atoms with Gasteiger partial charge in [0, 0.05) is 19.8 Å². The van der Waals surface area contributed by atoms with Crippen molar-refractivity contribution in [2.24, 2.45) is 14.1 Å². The first-order valence-electron chi connectivity index (χ1n) is 6.07. The van der Waals surface area contributed by atoms with Crippen molar-refractivity contribution in [1.82, 2.24) is 14.1 Å². The molecule has 0 bridgehead atoms. The molecule has 0 spiro atoms. The molecule has 2 heterocycles. The number of aromatic hydroxyl groups is 1. The third kappa shape index (κ3) is 1.65. The van der Waals surface area contributed by atoms with E-state index in [9.17, 15) is 14.7 Å². The molecule has 0 saturated carbocycles. The van der Waals surface area contributed by atoms with E-state index in [1.54, 1.807) is 37.4 Å². The first-order chi connectivity index (χ1) is 9.49. The number of nitrogens with zero attached hydrogens (tertiary/aromatic N) is 2. The molecule has 0 radical (unpaired) electrons. The zero-order valence-corrected chi connectivity index (χ0v) is 11.0. The van der Waals surface area contributed by atoms with E-state index in [0.29, 0.717) is 11.0 Å². The van der Waals surface area contributed by atoms with E-state index in [1.165, 1.54) is 11.6 Å². The fourth-order valence-electron chi connectivity index (χ4n) is 2.25. The van der Waals surface area contributed by atoms with Gasteiger partial charge in [0.1, 0.15) is 11.3 Å². The fourth-order valence-corrected chi connectivity index (χ4v) is 2.25. The van der Waals surface area contributed by atoms with Crippen molar-refractivity contribution in [3.8, 4) is 17.0 Å². The molecule has 20 heavy (non-hydrogen) atoms. The highest BCUT2D eigenvalue weighted by Crippen LogP contribution is 2.23. The van der Waals surface area contributed by atoms with Gasteiger partial charge in [0.05, 0.1) is 5.52 Å². The number of H-pyrrole nitrogens is 1. The van der Waals surface area contributed by atoms with E-state index >= 15 is 0 Å². The Morgan fingerprint density at radius 2 is 1.70 bits per heavy atom. The largest absolute Gasteiger partial charge is 0.508 e. The van der Waals surface area contributed by atoms with Crippen LogP contribution in [0.1, 0.15) is 0 Å². The average Bonchev–Trinajstić information content (AvgIpc) is 2.89. The summed E-state index contributed by atoms with van der Waals surface area (Å²) in [6, 6.07) is 8.37. The molecule has 0 unspecified atom stereocenters. The quantitative estimate of drug-likeness (QED) is 0.691. The number of phenols is 1. The molecule has 102 valence electrons. The number of nitrogens with one attached hydrogen (secondary N) is 1. The van der Waals surface area contributed by atoms with Gasteiger partial charge in [0.15, 0.2) is 0 Å². The molecule has 0 amide bonds. The highest BCUT2D eigenvalue weighted by atomic mass is 16.3. The molecule has 0 fully saturated rings. The summed E-state index contributed by atoms with van der Waals surface area (Å²) in [5.41, 5.74) is 1.78. The van der Waals surface area contributed by atoms with E-state index in [0.717, 1.165) is 15.8 Å². The topological polar surface area (TPSA) is 80.0 Å². The van der Waals surface area contributed by atoms with E-state index in [4.69, 9.17) is 0 Å². The lowest BCUT2D eigenvalue weighted by Crippen LogP contribution is -2.36. The summed E-state index contributed by atoms with van der Waals surface area (Å²) in [6.45, 7) is 0. The fraction of sp³-hybridized carbons (Fsp3) is 0.143. The molecule has 3 rings (SSSR count). The van der Waals surface area contributed by atoms with Crippen molar-refractivity contribution in [3.63, 3.8) is 0 Å². The van der Waals surface area contributed by atoms with Crippen LogP contribution in [0.4, 0.5) is 0 Å². The smallest absolute Gasteiger partial charge is 0.331 e. The molecule has 6 heteroatoms. The summed E-state index contributed by atoms with van der Waals surface area (Å²) < 4.78 is 2.50. The van der Waals surface area contributed by atoms with Gasteiger partial charge in [-0.05, 0) is 35.9 Å². The molecular formula is C14H13N3O3. The molecule has 0 atom stereocenters. The second kappa shape index (κ2) is 4.12. The average molecular weight is 271 g/mol. The SMILES string of the molecule is Cn1c(=O)c2[nH]c(-c3ccc(O)cc3)cc2n(C)c1=O. The third-order valence-electron chi connectivity index (χ3n) is 3.43. The number of fused-ring (bicyclic) bond motifs is 1. The molecule has 0 aliphatic rings. The van der Waals surface area contributed by atoms with Gasteiger partial charge in [-0.15, -0.1) is 0 Å². The van der Waals surface area contributed by atoms with Crippen LogP contribution in [0, 0.1) is 0 Å². The monoisotopic (exact) mass is 271 g/mol. The summed E-state index contributed by atoms with van der Waals surface area (Å²) in [4.78, 5) is 27.0. The minimum Gasteiger partial charge on any atom is -0.508 e. The number of aromatic nitrogens is 3. The van der Waals surface area contributed by atoms with Gasteiger partial charge >= 0.3 is 5.69 Å². The highest BCUT2D eigenvalue weighted by Gasteiger charge is 2.12. The molecule has 2 aromatic heterocycles. The predicted octanol–water partition coefficient (Wildman–Crippen LogP) is 0.938. The Morgan fingerprint density at radius 1 is 1.05 bits per heavy atom. The van der Waals surface area contributed by atoms with Crippen LogP contribution in [-0.2, 0) is 14.1 Å². The normalized spacial score (nSPS) is 11.1. The van der Waals surface area contributed by atoms with Crippen molar-refractivity contribution in [2.75, 3.05) is 0 Å². The molecule has 2 N–H and O–H groups in total. The zero-order chi connectivity index (χ0) is 14.4. The maximum atomic E-state index is 12.1. The van der Waals surface area contributed by atoms with Crippen LogP contribution >= 0.6 is 0 Å². The standard InChI is InChI=1S/C14H13N3O3/c1-16-11-7-10(8-3-5-9(18)6-4-8)15-12(11)13(19)17(2)14(16)20/h3-7,15,18H,1-2H3. The van der Waals surface area contributed by atoms with Crippen LogP contribution in [0.15, 0.2) is 39.9 Å². The molecule has 3 aromatic rings. The van der Waals surface area contributed by atoms with Gasteiger partial charge in [0.25, 0.3) is 5.56 Å². The number of hydrogen-bond acceptors (Lipinski definition) is 3. The van der Waals surface area contributed by atoms with Gasteiger partial charge in [-0.2, -0.15) is 0 Å². The van der Waals surface area contributed by atoms with Crippen LogP contribution in [0.25, 0.3) is 22.3 Å². The Morgan fingerprint density at radius 3 is 2.35 bits per heavy atom. The Labute approximate surface area is 113 Å². The summed E-state index contributed by atoms with van der Waals surface area (Å²) in [6.07, 6.45) is 0. The minimum atomic E-state index is -0.362. The Kier molecular flexibility index (Phi) is 2.53. The van der Waals surface area contributed by atoms with Crippen molar-refractivity contribution < 1.29 is 5.11 Å². The number of rotatable bonds is 1. The Bertz CT molecular complexity index is 914. The first-order valence-corrected chi connectivity index (χ1v) is 6.07. The first kappa shape index (κ1) is 12.3. The number of benzene rings is 1. The molecule has 6 nitrogen and oxygen atoms in total. The molecular weight excluding hydrogens is 258 g/mol. The summed E-state index contributed by atoms with van der Waals surface area (Å²) in [5, 5.41) is 9.30. The van der Waals surface area contributed by atoms with Crippen LogP contribution < -0.4 is 11.2 Å². The lowest BCUT2D eigenvalue weighted by molar-refractivity contribution is 0.475. The van der Waals surface area contributed by atoms with Crippen molar-refractivity contribution in [3.05, 3.63) is 51.2 Å². The van der Waals surface area contributed by atoms with Gasteiger partial charge in [-0.1, -0.05) is 0 Å². The number of aryl methyl sites for hydroxylation is 1. The summed E-state index contributed by atoms with van der Waals surface area (Å²) in [7, 11) is 3.07. The highest BCUT2D eigenvalue weighted by molar-refractivity contribution is 5.82. The van der Waals surface area contributed by atoms with E-state index < -0.39 is 0 Å². The Hall–Kier alpha value is -2.76. The molecule has 0 saturated heterocycles. The molecule has 0 aliphatic carbocycles. The van der Waals surface area contributed by atoms with Crippen molar-refractivity contribution in [2.45, 2.75) is 0 Å². The van der Waals surface area contributed by atoms with Crippen molar-refractivity contribution >= 4 is 11.0 Å². The number of hydrogen-bond donors (Lipinski definition) is 2. The van der Waals surface area contributed by atoms with Gasteiger partial charge in [-0.25, -0.2) is 4.79 Å². The maximum Gasteiger partial charge on any atom is 0.331 e. The maximum absolute atomic E-state index is 12.1. The van der Waals surface area contributed by atoms with Crippen LogP contribution in [0.5, 0.6) is 5.75 Å². The molecule has 1 aromatic carbocycles. The zero-order valence-electron chi connectivity index (χ0n) is 11.0. The van der Waals surface area contributed by atoms with Crippen molar-refractivity contribution in [1.29, 1.82) is 0 Å².